The van der Waals surface area contributed by atoms with Crippen LogP contribution in [0.5, 0.6) is 0 Å². The van der Waals surface area contributed by atoms with E-state index in [-0.39, 0.29) is 17.6 Å². The summed E-state index contributed by atoms with van der Waals surface area (Å²) < 4.78 is 0. The van der Waals surface area contributed by atoms with E-state index in [1.807, 2.05) is 6.08 Å². The molecule has 0 spiro atoms. The van der Waals surface area contributed by atoms with Gasteiger partial charge >= 0.3 is 0 Å². The van der Waals surface area contributed by atoms with Crippen LogP contribution in [0, 0.1) is 17.3 Å². The molecule has 0 saturated heterocycles. The highest BCUT2D eigenvalue weighted by Crippen LogP contribution is 2.66. The lowest BCUT2D eigenvalue weighted by Crippen LogP contribution is -2.56. The summed E-state index contributed by atoms with van der Waals surface area (Å²) in [7, 11) is 4.17. The van der Waals surface area contributed by atoms with E-state index < -0.39 is 0 Å². The Kier molecular flexibility index (Phi) is 5.81. The third-order valence-corrected chi connectivity index (χ3v) is 9.76. The van der Waals surface area contributed by atoms with Crippen molar-refractivity contribution >= 4 is 11.5 Å². The fourth-order valence-corrected chi connectivity index (χ4v) is 7.92. The number of nitrogens with two attached hydrogens (primary N) is 1. The topological polar surface area (TPSA) is 66.6 Å². The fraction of sp³-hybridized carbons (Fsp3) is 0.621. The molecular weight excluding hydrogens is 408 g/mol. The Morgan fingerprint density at radius 2 is 1.88 bits per heavy atom. The molecule has 33 heavy (non-hydrogen) atoms. The van der Waals surface area contributed by atoms with Gasteiger partial charge in [0.15, 0.2) is 5.78 Å². The number of anilines is 1. The summed E-state index contributed by atoms with van der Waals surface area (Å²) in [6.07, 6.45) is 10.7. The zero-order valence-corrected chi connectivity index (χ0v) is 20.6. The van der Waals surface area contributed by atoms with Gasteiger partial charge in [-0.1, -0.05) is 24.6 Å². The summed E-state index contributed by atoms with van der Waals surface area (Å²) >= 11 is 0. The molecule has 178 valence electrons. The van der Waals surface area contributed by atoms with Gasteiger partial charge in [-0.25, -0.2) is 0 Å². The van der Waals surface area contributed by atoms with Crippen molar-refractivity contribution in [3.8, 4) is 0 Å². The summed E-state index contributed by atoms with van der Waals surface area (Å²) in [6, 6.07) is 9.12. The predicted octanol–water partition coefficient (Wildman–Crippen LogP) is 5.12. The first-order valence-corrected chi connectivity index (χ1v) is 12.9. The lowest BCUT2D eigenvalue weighted by Gasteiger charge is -2.55. The molecule has 1 aromatic rings. The monoisotopic (exact) mass is 448 g/mol. The minimum absolute atomic E-state index is 0.0630. The van der Waals surface area contributed by atoms with Crippen LogP contribution in [0.25, 0.3) is 0 Å². The molecular formula is C29H40N2O2. The van der Waals surface area contributed by atoms with Gasteiger partial charge in [0.1, 0.15) is 0 Å². The maximum Gasteiger partial charge on any atom is 0.156 e. The zero-order chi connectivity index (χ0) is 23.4. The largest absolute Gasteiger partial charge is 0.396 e. The Morgan fingerprint density at radius 3 is 2.58 bits per heavy atom. The molecule has 4 aliphatic rings. The first-order valence-electron chi connectivity index (χ1n) is 12.9. The van der Waals surface area contributed by atoms with Gasteiger partial charge in [-0.2, -0.15) is 0 Å². The number of carbonyl (C=O) groups excluding carboxylic acids is 1. The number of carbonyl (C=O) groups is 1. The smallest absolute Gasteiger partial charge is 0.156 e. The van der Waals surface area contributed by atoms with E-state index in [2.05, 4.69) is 50.2 Å². The van der Waals surface area contributed by atoms with Crippen LogP contribution in [0.2, 0.25) is 0 Å². The Labute approximate surface area is 198 Å². The minimum atomic E-state index is -0.211. The van der Waals surface area contributed by atoms with Gasteiger partial charge in [-0.05, 0) is 104 Å². The van der Waals surface area contributed by atoms with Crippen molar-refractivity contribution in [2.45, 2.75) is 76.2 Å². The standard InChI is InChI=1S/C29H40N2O2/c1-28-18-25(19-5-8-21(9-6-19)31(2)3)27-23-12-10-22(33)17-20(23)7-11-24(27)26(28)13-15-29(28,30)14-4-16-32/h5-6,8-9,17,24-26,32H,4,7,10-16,18,30H2,1-3H3/t24-,25+,26-,28-,29-/m0/s1. The van der Waals surface area contributed by atoms with Gasteiger partial charge in [0, 0.05) is 44.3 Å². The number of hydrogen-bond donors (Lipinski definition) is 2. The second kappa shape index (κ2) is 8.39. The third-order valence-electron chi connectivity index (χ3n) is 9.76. The minimum Gasteiger partial charge on any atom is -0.396 e. The number of aliphatic hydroxyl groups excluding tert-OH is 1. The molecule has 0 unspecified atom stereocenters. The van der Waals surface area contributed by atoms with Crippen molar-refractivity contribution in [3.05, 3.63) is 52.6 Å². The predicted molar refractivity (Wildman–Crippen MR) is 134 cm³/mol. The summed E-state index contributed by atoms with van der Waals surface area (Å²) in [5.74, 6) is 1.81. The lowest BCUT2D eigenvalue weighted by molar-refractivity contribution is -0.114. The lowest BCUT2D eigenvalue weighted by atomic mass is 9.50. The number of rotatable bonds is 5. The molecule has 2 saturated carbocycles. The van der Waals surface area contributed by atoms with E-state index in [4.69, 9.17) is 5.73 Å². The van der Waals surface area contributed by atoms with Crippen molar-refractivity contribution in [1.29, 1.82) is 0 Å². The molecule has 0 aromatic heterocycles. The molecule has 0 bridgehead atoms. The maximum absolute atomic E-state index is 12.2. The second-order valence-corrected chi connectivity index (χ2v) is 11.5. The number of benzene rings is 1. The summed E-state index contributed by atoms with van der Waals surface area (Å²) in [4.78, 5) is 14.4. The van der Waals surface area contributed by atoms with Crippen LogP contribution < -0.4 is 10.6 Å². The van der Waals surface area contributed by atoms with E-state index in [9.17, 15) is 9.90 Å². The molecule has 0 heterocycles. The first kappa shape index (κ1) is 22.9. The number of aliphatic hydroxyl groups is 1. The quantitative estimate of drug-likeness (QED) is 0.656. The molecule has 5 atom stereocenters. The Hall–Kier alpha value is -1.91. The Bertz CT molecular complexity index is 991. The van der Waals surface area contributed by atoms with Crippen molar-refractivity contribution in [2.24, 2.45) is 23.0 Å². The van der Waals surface area contributed by atoms with Crippen LogP contribution in [0.15, 0.2) is 47.1 Å². The zero-order valence-electron chi connectivity index (χ0n) is 20.6. The molecule has 2 fully saturated rings. The Morgan fingerprint density at radius 1 is 1.12 bits per heavy atom. The van der Waals surface area contributed by atoms with Crippen molar-refractivity contribution < 1.29 is 9.90 Å². The van der Waals surface area contributed by atoms with Crippen LogP contribution >= 0.6 is 0 Å². The van der Waals surface area contributed by atoms with Crippen LogP contribution in [0.3, 0.4) is 0 Å². The molecule has 5 rings (SSSR count). The van der Waals surface area contributed by atoms with Gasteiger partial charge in [-0.3, -0.25) is 4.79 Å². The van der Waals surface area contributed by atoms with E-state index in [1.165, 1.54) is 28.8 Å². The molecule has 4 aliphatic carbocycles. The highest BCUT2D eigenvalue weighted by Gasteiger charge is 2.61. The van der Waals surface area contributed by atoms with Crippen molar-refractivity contribution in [3.63, 3.8) is 0 Å². The molecule has 0 radical (unpaired) electrons. The van der Waals surface area contributed by atoms with Crippen LogP contribution in [-0.4, -0.2) is 37.1 Å². The van der Waals surface area contributed by atoms with Crippen molar-refractivity contribution in [1.82, 2.24) is 0 Å². The maximum atomic E-state index is 12.2. The van der Waals surface area contributed by atoms with E-state index in [0.717, 1.165) is 44.9 Å². The van der Waals surface area contributed by atoms with Gasteiger partial charge < -0.3 is 15.7 Å². The SMILES string of the molecule is CN(C)c1ccc([C@H]2C[C@@]3(C)[C@@H](CC[C@@]3(N)CCCO)[C@@H]3CCC4=CC(=O)CCC4=C32)cc1. The third kappa shape index (κ3) is 3.61. The fourth-order valence-electron chi connectivity index (χ4n) is 7.92. The van der Waals surface area contributed by atoms with E-state index in [1.54, 1.807) is 5.57 Å². The molecule has 0 amide bonds. The molecule has 1 aromatic carbocycles. The average molecular weight is 449 g/mol. The molecule has 0 aliphatic heterocycles. The van der Waals surface area contributed by atoms with Crippen molar-refractivity contribution in [2.75, 3.05) is 25.6 Å². The van der Waals surface area contributed by atoms with E-state index in [0.29, 0.717) is 30.0 Å². The number of allylic oxidation sites excluding steroid dienone is 4. The van der Waals surface area contributed by atoms with Gasteiger partial charge in [0.05, 0.1) is 0 Å². The van der Waals surface area contributed by atoms with Crippen LogP contribution in [0.1, 0.15) is 76.2 Å². The first-order chi connectivity index (χ1) is 15.8. The number of fused-ring (bicyclic) bond motifs is 4. The molecule has 4 nitrogen and oxygen atoms in total. The normalized spacial score (nSPS) is 35.6. The Balaban J connectivity index is 1.62. The highest BCUT2D eigenvalue weighted by atomic mass is 16.3. The summed E-state index contributed by atoms with van der Waals surface area (Å²) in [5, 5.41) is 9.56. The average Bonchev–Trinajstić information content (AvgIpc) is 3.07. The highest BCUT2D eigenvalue weighted by molar-refractivity contribution is 5.93. The number of ketones is 1. The molecule has 4 heteroatoms. The summed E-state index contributed by atoms with van der Waals surface area (Å²) in [6.45, 7) is 2.68. The van der Waals surface area contributed by atoms with E-state index >= 15 is 0 Å². The summed E-state index contributed by atoms with van der Waals surface area (Å²) in [5.41, 5.74) is 14.1. The van der Waals surface area contributed by atoms with Gasteiger partial charge in [0.2, 0.25) is 0 Å². The number of nitrogens with zero attached hydrogens (tertiary/aromatic N) is 1. The molecule has 3 N–H and O–H groups in total. The van der Waals surface area contributed by atoms with Gasteiger partial charge in [0.25, 0.3) is 0 Å². The van der Waals surface area contributed by atoms with Gasteiger partial charge in [-0.15, -0.1) is 0 Å². The van der Waals surface area contributed by atoms with Crippen LogP contribution in [0.4, 0.5) is 5.69 Å². The van der Waals surface area contributed by atoms with Crippen LogP contribution in [-0.2, 0) is 4.79 Å². The number of hydrogen-bond acceptors (Lipinski definition) is 4. The second-order valence-electron chi connectivity index (χ2n) is 11.5.